The summed E-state index contributed by atoms with van der Waals surface area (Å²) in [5.41, 5.74) is 0. The quantitative estimate of drug-likeness (QED) is 0.763. The van der Waals surface area contributed by atoms with Crippen LogP contribution in [0, 0.1) is 0 Å². The molecule has 1 fully saturated rings. The van der Waals surface area contributed by atoms with E-state index in [0.29, 0.717) is 24.8 Å². The summed E-state index contributed by atoms with van der Waals surface area (Å²) < 4.78 is 15.7. The molecule has 0 N–H and O–H groups in total. The van der Waals surface area contributed by atoms with Crippen LogP contribution in [0.1, 0.15) is 31.7 Å². The van der Waals surface area contributed by atoms with E-state index in [1.807, 2.05) is 6.92 Å². The number of hydrogen-bond acceptors (Lipinski definition) is 6. The Hall–Kier alpha value is -1.47. The molecule has 1 aromatic heterocycles. The van der Waals surface area contributed by atoms with E-state index in [-0.39, 0.29) is 24.7 Å². The lowest BCUT2D eigenvalue weighted by Crippen LogP contribution is -2.53. The van der Waals surface area contributed by atoms with Gasteiger partial charge in [0.2, 0.25) is 5.91 Å². The summed E-state index contributed by atoms with van der Waals surface area (Å²) in [5.74, 6) is 1.01. The summed E-state index contributed by atoms with van der Waals surface area (Å²) >= 11 is 0. The highest BCUT2D eigenvalue weighted by Gasteiger charge is 2.29. The second kappa shape index (κ2) is 5.45. The smallest absolute Gasteiger partial charge is 0.252 e. The molecule has 0 radical (unpaired) electrons. The topological polar surface area (TPSA) is 77.7 Å². The molecular weight excluding hydrogens is 238 g/mol. The summed E-state index contributed by atoms with van der Waals surface area (Å²) in [5, 5.41) is 3.80. The van der Waals surface area contributed by atoms with Crippen molar-refractivity contribution >= 4 is 5.91 Å². The summed E-state index contributed by atoms with van der Waals surface area (Å²) in [7, 11) is 1.59. The zero-order chi connectivity index (χ0) is 13.1. The standard InChI is InChI=1S/C11H17N3O4/c1-7(16-3)11-12-10(18-13-11)6-17-9-4-14(5-9)8(2)15/h7,9H,4-6H2,1-3H3. The van der Waals surface area contributed by atoms with Gasteiger partial charge in [-0.3, -0.25) is 4.79 Å². The zero-order valence-electron chi connectivity index (χ0n) is 10.8. The van der Waals surface area contributed by atoms with Crippen LogP contribution in [0.2, 0.25) is 0 Å². The van der Waals surface area contributed by atoms with Crippen molar-refractivity contribution in [1.29, 1.82) is 0 Å². The van der Waals surface area contributed by atoms with Crippen molar-refractivity contribution in [3.63, 3.8) is 0 Å². The second-order valence-electron chi connectivity index (χ2n) is 4.28. The first kappa shape index (κ1) is 13.0. The Kier molecular flexibility index (Phi) is 3.93. The maximum atomic E-state index is 11.0. The number of aromatic nitrogens is 2. The minimum absolute atomic E-state index is 0.0594. The summed E-state index contributed by atoms with van der Waals surface area (Å²) in [6, 6.07) is 0. The summed E-state index contributed by atoms with van der Waals surface area (Å²) in [4.78, 5) is 16.8. The number of methoxy groups -OCH3 is 1. The van der Waals surface area contributed by atoms with Gasteiger partial charge in [-0.15, -0.1) is 0 Å². The number of hydrogen-bond donors (Lipinski definition) is 0. The molecule has 1 saturated heterocycles. The van der Waals surface area contributed by atoms with E-state index in [2.05, 4.69) is 10.1 Å². The van der Waals surface area contributed by atoms with Crippen LogP contribution in [0.15, 0.2) is 4.52 Å². The van der Waals surface area contributed by atoms with Gasteiger partial charge in [0.05, 0.1) is 6.10 Å². The third-order valence-electron chi connectivity index (χ3n) is 2.94. The molecule has 0 spiro atoms. The van der Waals surface area contributed by atoms with E-state index in [9.17, 15) is 4.79 Å². The van der Waals surface area contributed by atoms with E-state index in [1.165, 1.54) is 0 Å². The lowest BCUT2D eigenvalue weighted by molar-refractivity contribution is -0.144. The van der Waals surface area contributed by atoms with E-state index in [0.717, 1.165) is 0 Å². The Bertz CT molecular complexity index is 414. The molecule has 100 valence electrons. The first-order valence-electron chi connectivity index (χ1n) is 5.82. The Labute approximate surface area is 105 Å². The van der Waals surface area contributed by atoms with Crippen molar-refractivity contribution in [2.75, 3.05) is 20.2 Å². The molecule has 1 atom stereocenters. The lowest BCUT2D eigenvalue weighted by Gasteiger charge is -2.37. The van der Waals surface area contributed by atoms with Gasteiger partial charge in [0.15, 0.2) is 5.82 Å². The van der Waals surface area contributed by atoms with Gasteiger partial charge in [-0.25, -0.2) is 0 Å². The first-order valence-corrected chi connectivity index (χ1v) is 5.82. The van der Waals surface area contributed by atoms with Gasteiger partial charge in [0.1, 0.15) is 12.7 Å². The first-order chi connectivity index (χ1) is 8.60. The maximum Gasteiger partial charge on any atom is 0.252 e. The minimum Gasteiger partial charge on any atom is -0.374 e. The minimum atomic E-state index is -0.195. The average Bonchev–Trinajstić information content (AvgIpc) is 2.74. The monoisotopic (exact) mass is 255 g/mol. The van der Waals surface area contributed by atoms with Crippen molar-refractivity contribution in [3.05, 3.63) is 11.7 Å². The fraction of sp³-hybridized carbons (Fsp3) is 0.727. The SMILES string of the molecule is COC(C)c1noc(COC2CN(C(C)=O)C2)n1. The third-order valence-corrected chi connectivity index (χ3v) is 2.94. The average molecular weight is 255 g/mol. The van der Waals surface area contributed by atoms with Crippen LogP contribution in [0.5, 0.6) is 0 Å². The van der Waals surface area contributed by atoms with Gasteiger partial charge in [-0.2, -0.15) is 4.98 Å². The Morgan fingerprint density at radius 3 is 2.94 bits per heavy atom. The van der Waals surface area contributed by atoms with Crippen LogP contribution < -0.4 is 0 Å². The number of rotatable bonds is 5. The predicted molar refractivity (Wildman–Crippen MR) is 60.6 cm³/mol. The summed E-state index contributed by atoms with van der Waals surface area (Å²) in [6.07, 6.45) is -0.136. The highest BCUT2D eigenvalue weighted by molar-refractivity contribution is 5.74. The van der Waals surface area contributed by atoms with Crippen molar-refractivity contribution in [3.8, 4) is 0 Å². The van der Waals surface area contributed by atoms with Crippen LogP contribution in [0.3, 0.4) is 0 Å². The normalized spacial score (nSPS) is 17.6. The molecule has 1 aliphatic rings. The molecule has 0 aliphatic carbocycles. The fourth-order valence-electron chi connectivity index (χ4n) is 1.59. The van der Waals surface area contributed by atoms with E-state index >= 15 is 0 Å². The number of amides is 1. The lowest BCUT2D eigenvalue weighted by atomic mass is 10.2. The largest absolute Gasteiger partial charge is 0.374 e. The molecule has 2 rings (SSSR count). The van der Waals surface area contributed by atoms with Crippen molar-refractivity contribution in [2.45, 2.75) is 32.7 Å². The number of nitrogens with zero attached hydrogens (tertiary/aromatic N) is 3. The second-order valence-corrected chi connectivity index (χ2v) is 4.28. The molecule has 1 aromatic rings. The Morgan fingerprint density at radius 1 is 1.61 bits per heavy atom. The molecule has 7 heteroatoms. The molecule has 7 nitrogen and oxygen atoms in total. The number of carbonyl (C=O) groups excluding carboxylic acids is 1. The van der Waals surface area contributed by atoms with Crippen LogP contribution in [0.25, 0.3) is 0 Å². The number of likely N-dealkylation sites (tertiary alicyclic amines) is 1. The Morgan fingerprint density at radius 2 is 2.33 bits per heavy atom. The highest BCUT2D eigenvalue weighted by atomic mass is 16.5. The highest BCUT2D eigenvalue weighted by Crippen LogP contribution is 2.15. The molecule has 1 amide bonds. The van der Waals surface area contributed by atoms with Crippen LogP contribution >= 0.6 is 0 Å². The van der Waals surface area contributed by atoms with Gasteiger partial charge >= 0.3 is 0 Å². The molecule has 0 bridgehead atoms. The number of ether oxygens (including phenoxy) is 2. The van der Waals surface area contributed by atoms with Crippen LogP contribution in [-0.2, 0) is 20.9 Å². The van der Waals surface area contributed by atoms with Crippen molar-refractivity contribution in [2.24, 2.45) is 0 Å². The Balaban J connectivity index is 1.75. The fourth-order valence-corrected chi connectivity index (χ4v) is 1.59. The van der Waals surface area contributed by atoms with Crippen molar-refractivity contribution < 1.29 is 18.8 Å². The van der Waals surface area contributed by atoms with E-state index in [1.54, 1.807) is 18.9 Å². The van der Waals surface area contributed by atoms with Gasteiger partial charge in [0, 0.05) is 27.1 Å². The van der Waals surface area contributed by atoms with Gasteiger partial charge < -0.3 is 18.9 Å². The van der Waals surface area contributed by atoms with Crippen molar-refractivity contribution in [1.82, 2.24) is 15.0 Å². The maximum absolute atomic E-state index is 11.0. The van der Waals surface area contributed by atoms with E-state index in [4.69, 9.17) is 14.0 Å². The molecule has 0 saturated carbocycles. The van der Waals surface area contributed by atoms with Crippen LogP contribution in [0.4, 0.5) is 0 Å². The zero-order valence-corrected chi connectivity index (χ0v) is 10.8. The van der Waals surface area contributed by atoms with Gasteiger partial charge in [0.25, 0.3) is 5.89 Å². The molecule has 18 heavy (non-hydrogen) atoms. The molecule has 0 aromatic carbocycles. The summed E-state index contributed by atoms with van der Waals surface area (Å²) in [6.45, 7) is 4.91. The predicted octanol–water partition coefficient (Wildman–Crippen LogP) is 0.524. The van der Waals surface area contributed by atoms with E-state index < -0.39 is 0 Å². The van der Waals surface area contributed by atoms with Crippen LogP contribution in [-0.4, -0.2) is 47.3 Å². The third kappa shape index (κ3) is 2.85. The molecule has 1 unspecified atom stereocenters. The number of carbonyl (C=O) groups is 1. The van der Waals surface area contributed by atoms with Gasteiger partial charge in [-0.05, 0) is 6.92 Å². The molecule has 2 heterocycles. The molecular formula is C11H17N3O4. The molecule has 1 aliphatic heterocycles. The van der Waals surface area contributed by atoms with Gasteiger partial charge in [-0.1, -0.05) is 5.16 Å².